The quantitative estimate of drug-likeness (QED) is 0.573. The molecular weight excluding hydrogens is 422 g/mol. The van der Waals surface area contributed by atoms with Gasteiger partial charge in [-0.2, -0.15) is 4.98 Å². The van der Waals surface area contributed by atoms with Crippen LogP contribution in [0.4, 0.5) is 8.78 Å². The summed E-state index contributed by atoms with van der Waals surface area (Å²) in [5.41, 5.74) is 0.216. The predicted octanol–water partition coefficient (Wildman–Crippen LogP) is 2.79. The van der Waals surface area contributed by atoms with Crippen LogP contribution < -0.4 is 4.74 Å². The molecule has 2 aliphatic heterocycles. The van der Waals surface area contributed by atoms with Gasteiger partial charge in [0.1, 0.15) is 29.6 Å². The number of aliphatic hydroxyl groups excluding tert-OH is 1. The minimum Gasteiger partial charge on any atom is -0.456 e. The summed E-state index contributed by atoms with van der Waals surface area (Å²) in [6, 6.07) is 7.86. The minimum atomic E-state index is -0.837. The molecule has 4 atom stereocenters. The zero-order valence-electron chi connectivity index (χ0n) is 17.1. The number of halogens is 2. The number of aromatic nitrogens is 2. The summed E-state index contributed by atoms with van der Waals surface area (Å²) in [4.78, 5) is 6.98. The van der Waals surface area contributed by atoms with Crippen LogP contribution >= 0.6 is 0 Å². The molecule has 2 aromatic carbocycles. The lowest BCUT2D eigenvalue weighted by Crippen LogP contribution is -2.34. The van der Waals surface area contributed by atoms with Gasteiger partial charge in [-0.05, 0) is 30.4 Å². The molecule has 168 valence electrons. The number of aromatic amines is 1. The first-order chi connectivity index (χ1) is 15.4. The van der Waals surface area contributed by atoms with E-state index in [4.69, 9.17) is 14.2 Å². The lowest BCUT2D eigenvalue weighted by molar-refractivity contribution is -0.0387. The lowest BCUT2D eigenvalue weighted by atomic mass is 9.75. The number of rotatable bonds is 4. The van der Waals surface area contributed by atoms with Crippen molar-refractivity contribution >= 4 is 11.0 Å². The van der Waals surface area contributed by atoms with Gasteiger partial charge in [0.05, 0.1) is 29.9 Å². The third-order valence-corrected chi connectivity index (χ3v) is 6.78. The molecule has 0 radical (unpaired) electrons. The van der Waals surface area contributed by atoms with E-state index in [1.807, 2.05) is 0 Å². The summed E-state index contributed by atoms with van der Waals surface area (Å²) in [7, 11) is 0. The molecule has 7 nitrogen and oxygen atoms in total. The molecule has 0 bridgehead atoms. The molecule has 0 spiro atoms. The highest BCUT2D eigenvalue weighted by atomic mass is 19.1. The van der Waals surface area contributed by atoms with Crippen LogP contribution in [0.25, 0.3) is 22.2 Å². The summed E-state index contributed by atoms with van der Waals surface area (Å²) in [6.07, 6.45) is 0.196. The fourth-order valence-electron chi connectivity index (χ4n) is 4.81. The van der Waals surface area contributed by atoms with E-state index in [9.17, 15) is 14.6 Å². The minimum absolute atomic E-state index is 0.0252. The Hall–Kier alpha value is -2.59. The van der Waals surface area contributed by atoms with Crippen LogP contribution in [0, 0.1) is 11.6 Å². The van der Waals surface area contributed by atoms with Gasteiger partial charge in [-0.1, -0.05) is 24.3 Å². The molecular formula is C23H22F2N2O5. The molecule has 1 aromatic heterocycles. The van der Waals surface area contributed by atoms with Crippen molar-refractivity contribution < 1.29 is 33.2 Å². The number of hydrogen-bond acceptors (Lipinski definition) is 6. The van der Waals surface area contributed by atoms with Crippen molar-refractivity contribution in [3.8, 4) is 17.1 Å². The van der Waals surface area contributed by atoms with Crippen LogP contribution in [0.5, 0.6) is 6.01 Å². The molecule has 1 saturated carbocycles. The van der Waals surface area contributed by atoms with Crippen molar-refractivity contribution in [2.75, 3.05) is 13.2 Å². The van der Waals surface area contributed by atoms with Gasteiger partial charge < -0.3 is 29.4 Å². The number of hydrogen-bond donors (Lipinski definition) is 3. The Morgan fingerprint density at radius 2 is 1.84 bits per heavy atom. The molecule has 0 amide bonds. The summed E-state index contributed by atoms with van der Waals surface area (Å²) < 4.78 is 47.0. The van der Waals surface area contributed by atoms with Crippen molar-refractivity contribution in [2.24, 2.45) is 0 Å². The molecule has 9 heteroatoms. The lowest BCUT2D eigenvalue weighted by Gasteiger charge is -2.37. The number of aliphatic hydroxyl groups is 2. The third-order valence-electron chi connectivity index (χ3n) is 6.78. The van der Waals surface area contributed by atoms with Gasteiger partial charge in [0, 0.05) is 6.07 Å². The third kappa shape index (κ3) is 3.03. The van der Waals surface area contributed by atoms with Crippen molar-refractivity contribution in [3.63, 3.8) is 0 Å². The normalized spacial score (nSPS) is 28.6. The Morgan fingerprint density at radius 1 is 1.09 bits per heavy atom. The first kappa shape index (κ1) is 20.0. The van der Waals surface area contributed by atoms with Crippen LogP contribution in [-0.4, -0.2) is 57.8 Å². The van der Waals surface area contributed by atoms with E-state index < -0.39 is 41.7 Å². The summed E-state index contributed by atoms with van der Waals surface area (Å²) in [6.45, 7) is 0.360. The maximum atomic E-state index is 15.3. The highest BCUT2D eigenvalue weighted by Gasteiger charge is 2.48. The first-order valence-electron chi connectivity index (χ1n) is 10.7. The van der Waals surface area contributed by atoms with Crippen LogP contribution in [0.2, 0.25) is 0 Å². The molecule has 32 heavy (non-hydrogen) atoms. The van der Waals surface area contributed by atoms with E-state index in [1.54, 1.807) is 24.3 Å². The number of fused-ring (bicyclic) bond motifs is 2. The molecule has 2 unspecified atom stereocenters. The van der Waals surface area contributed by atoms with E-state index in [0.717, 1.165) is 12.0 Å². The predicted molar refractivity (Wildman–Crippen MR) is 109 cm³/mol. The van der Waals surface area contributed by atoms with Crippen LogP contribution in [0.3, 0.4) is 0 Å². The van der Waals surface area contributed by atoms with Gasteiger partial charge in [-0.3, -0.25) is 0 Å². The van der Waals surface area contributed by atoms with Crippen LogP contribution in [0.15, 0.2) is 30.3 Å². The van der Waals surface area contributed by atoms with Gasteiger partial charge in [-0.25, -0.2) is 8.78 Å². The average Bonchev–Trinajstić information content (AvgIpc) is 3.44. The van der Waals surface area contributed by atoms with Gasteiger partial charge in [0.25, 0.3) is 6.01 Å². The summed E-state index contributed by atoms with van der Waals surface area (Å²) >= 11 is 0. The van der Waals surface area contributed by atoms with Crippen molar-refractivity contribution in [1.82, 2.24) is 9.97 Å². The Morgan fingerprint density at radius 3 is 2.56 bits per heavy atom. The van der Waals surface area contributed by atoms with E-state index in [1.165, 1.54) is 6.07 Å². The Balaban J connectivity index is 1.30. The fraction of sp³-hybridized carbons (Fsp3) is 0.435. The highest BCUT2D eigenvalue weighted by Crippen LogP contribution is 2.42. The maximum Gasteiger partial charge on any atom is 0.295 e. The molecule has 3 heterocycles. The molecule has 3 fully saturated rings. The van der Waals surface area contributed by atoms with E-state index in [0.29, 0.717) is 18.4 Å². The zero-order chi connectivity index (χ0) is 22.0. The molecule has 3 N–H and O–H groups in total. The Kier molecular flexibility index (Phi) is 4.52. The number of benzene rings is 2. The van der Waals surface area contributed by atoms with Gasteiger partial charge in [0.15, 0.2) is 11.9 Å². The van der Waals surface area contributed by atoms with E-state index >= 15 is 4.39 Å². The second kappa shape index (κ2) is 7.21. The topological polar surface area (TPSA) is 96.8 Å². The number of nitrogens with zero attached hydrogens (tertiary/aromatic N) is 1. The Bertz CT molecular complexity index is 1180. The fourth-order valence-corrected chi connectivity index (χ4v) is 4.81. The van der Waals surface area contributed by atoms with Gasteiger partial charge >= 0.3 is 0 Å². The van der Waals surface area contributed by atoms with Gasteiger partial charge in [0.2, 0.25) is 0 Å². The highest BCUT2D eigenvalue weighted by molar-refractivity contribution is 5.84. The van der Waals surface area contributed by atoms with Crippen molar-refractivity contribution in [2.45, 2.75) is 49.3 Å². The van der Waals surface area contributed by atoms with Gasteiger partial charge in [-0.15, -0.1) is 0 Å². The first-order valence-corrected chi connectivity index (χ1v) is 10.7. The summed E-state index contributed by atoms with van der Waals surface area (Å²) in [5, 5.41) is 20.3. The molecule has 3 aliphatic rings. The van der Waals surface area contributed by atoms with E-state index in [2.05, 4.69) is 9.97 Å². The molecule has 1 aliphatic carbocycles. The molecule has 3 aromatic rings. The maximum absolute atomic E-state index is 15.3. The standard InChI is InChI=1S/C23H22F2N2O5/c24-13-8-14-19(27-22(26-14)32-16-10-31-20-15(28)9-30-21(16)20)18(25)17(13)11-2-4-12(5-3-11)23(29)6-1-7-23/h2-5,8,15-16,20-21,28-29H,1,6-7,9-10H2,(H,26,27)/t15?,16?,20-,21-/m1/s1. The summed E-state index contributed by atoms with van der Waals surface area (Å²) in [5.74, 6) is -1.53. The number of nitrogens with one attached hydrogen (secondary N) is 1. The average molecular weight is 444 g/mol. The second-order valence-corrected chi connectivity index (χ2v) is 8.77. The number of imidazole rings is 1. The largest absolute Gasteiger partial charge is 0.456 e. The smallest absolute Gasteiger partial charge is 0.295 e. The monoisotopic (exact) mass is 444 g/mol. The number of H-pyrrole nitrogens is 1. The SMILES string of the molecule is OC1CO[C@@H]2C(Oc3nc4c(F)c(-c5ccc(C6(O)CCC6)cc5)c(F)cc4[nH]3)CO[C@H]12. The molecule has 2 saturated heterocycles. The van der Waals surface area contributed by atoms with Crippen molar-refractivity contribution in [3.05, 3.63) is 47.5 Å². The Labute approximate surface area is 181 Å². The van der Waals surface area contributed by atoms with Crippen LogP contribution in [0.1, 0.15) is 24.8 Å². The van der Waals surface area contributed by atoms with E-state index in [-0.39, 0.29) is 35.8 Å². The zero-order valence-corrected chi connectivity index (χ0v) is 17.1. The second-order valence-electron chi connectivity index (χ2n) is 8.77. The molecule has 6 rings (SSSR count). The van der Waals surface area contributed by atoms with Crippen LogP contribution in [-0.2, 0) is 15.1 Å². The van der Waals surface area contributed by atoms with Crippen molar-refractivity contribution in [1.29, 1.82) is 0 Å². The number of ether oxygens (including phenoxy) is 3.